The number of carbonyl (C=O) groups excluding carboxylic acids is 1. The molecule has 0 saturated heterocycles. The molecule has 5 N–H and O–H groups in total. The van der Waals surface area contributed by atoms with E-state index in [4.69, 9.17) is 16.2 Å². The van der Waals surface area contributed by atoms with Gasteiger partial charge in [-0.2, -0.15) is 0 Å². The highest BCUT2D eigenvalue weighted by molar-refractivity contribution is 5.78. The third kappa shape index (κ3) is 5.96. The maximum absolute atomic E-state index is 13.0. The van der Waals surface area contributed by atoms with Gasteiger partial charge >= 0.3 is 5.97 Å². The number of amidine groups is 1. The maximum atomic E-state index is 13.0. The first kappa shape index (κ1) is 19.0. The zero-order valence-electron chi connectivity index (χ0n) is 13.9. The van der Waals surface area contributed by atoms with Gasteiger partial charge in [0.2, 0.25) is 5.91 Å². The van der Waals surface area contributed by atoms with E-state index >= 15 is 0 Å². The van der Waals surface area contributed by atoms with Gasteiger partial charge in [-0.3, -0.25) is 15.0 Å². The molecular weight excluding hydrogens is 343 g/mol. The summed E-state index contributed by atoms with van der Waals surface area (Å²) in [6, 6.07) is 4.47. The van der Waals surface area contributed by atoms with Crippen molar-refractivity contribution >= 4 is 17.7 Å². The van der Waals surface area contributed by atoms with Crippen molar-refractivity contribution in [3.05, 3.63) is 47.5 Å². The molecule has 0 bridgehead atoms. The predicted octanol–water partition coefficient (Wildman–Crippen LogP) is 0.618. The molecular formula is C16H19FN6O3. The van der Waals surface area contributed by atoms with E-state index in [9.17, 15) is 14.0 Å². The molecule has 2 aromatic rings. The van der Waals surface area contributed by atoms with E-state index in [0.717, 1.165) is 0 Å². The van der Waals surface area contributed by atoms with Gasteiger partial charge < -0.3 is 16.2 Å². The number of benzene rings is 1. The average molecular weight is 362 g/mol. The van der Waals surface area contributed by atoms with Crippen molar-refractivity contribution in [3.8, 4) is 0 Å². The summed E-state index contributed by atoms with van der Waals surface area (Å²) >= 11 is 0. The minimum absolute atomic E-state index is 0.0353. The third-order valence-corrected chi connectivity index (χ3v) is 3.53. The van der Waals surface area contributed by atoms with Gasteiger partial charge in [0.25, 0.3) is 0 Å². The first-order valence-corrected chi connectivity index (χ1v) is 7.82. The molecule has 1 atom stereocenters. The molecule has 1 heterocycles. The molecule has 0 aliphatic heterocycles. The van der Waals surface area contributed by atoms with Crippen molar-refractivity contribution in [2.45, 2.75) is 31.8 Å². The Kier molecular flexibility index (Phi) is 6.36. The smallest absolute Gasteiger partial charge is 0.305 e. The monoisotopic (exact) mass is 362 g/mol. The van der Waals surface area contributed by atoms with Crippen molar-refractivity contribution in [1.29, 1.82) is 5.41 Å². The van der Waals surface area contributed by atoms with Crippen LogP contribution >= 0.6 is 0 Å². The second kappa shape index (κ2) is 8.70. The fourth-order valence-electron chi connectivity index (χ4n) is 2.30. The van der Waals surface area contributed by atoms with Crippen LogP contribution in [-0.2, 0) is 22.6 Å². The van der Waals surface area contributed by atoms with Crippen LogP contribution in [0.4, 0.5) is 4.39 Å². The summed E-state index contributed by atoms with van der Waals surface area (Å²) in [7, 11) is 0. The number of carboxylic acid groups (broad SMARTS) is 1. The number of amides is 1. The largest absolute Gasteiger partial charge is 0.481 e. The lowest BCUT2D eigenvalue weighted by atomic mass is 10.0. The second-order valence-corrected chi connectivity index (χ2v) is 5.70. The van der Waals surface area contributed by atoms with E-state index in [1.165, 1.54) is 28.9 Å². The van der Waals surface area contributed by atoms with Crippen LogP contribution in [0.15, 0.2) is 30.5 Å². The summed E-state index contributed by atoms with van der Waals surface area (Å²) in [5.41, 5.74) is 6.36. The van der Waals surface area contributed by atoms with Gasteiger partial charge in [-0.05, 0) is 17.7 Å². The number of aryl methyl sites for hydroxylation is 1. The summed E-state index contributed by atoms with van der Waals surface area (Å²) in [5.74, 6) is -1.96. The molecule has 1 aromatic carbocycles. The average Bonchev–Trinajstić information content (AvgIpc) is 3.00. The predicted molar refractivity (Wildman–Crippen MR) is 89.8 cm³/mol. The van der Waals surface area contributed by atoms with Crippen LogP contribution in [0, 0.1) is 11.2 Å². The zero-order valence-corrected chi connectivity index (χ0v) is 13.9. The van der Waals surface area contributed by atoms with Gasteiger partial charge in [0.15, 0.2) is 0 Å². The second-order valence-electron chi connectivity index (χ2n) is 5.70. The van der Waals surface area contributed by atoms with Gasteiger partial charge in [0.05, 0.1) is 24.0 Å². The number of aromatic nitrogens is 3. The van der Waals surface area contributed by atoms with Crippen molar-refractivity contribution in [2.24, 2.45) is 5.73 Å². The van der Waals surface area contributed by atoms with Gasteiger partial charge in [-0.25, -0.2) is 9.07 Å². The minimum Gasteiger partial charge on any atom is -0.481 e. The number of halogens is 1. The van der Waals surface area contributed by atoms with E-state index in [2.05, 4.69) is 15.6 Å². The van der Waals surface area contributed by atoms with E-state index in [-0.39, 0.29) is 18.8 Å². The van der Waals surface area contributed by atoms with Crippen LogP contribution in [0.25, 0.3) is 0 Å². The highest BCUT2D eigenvalue weighted by Crippen LogP contribution is 2.17. The molecule has 0 saturated carbocycles. The fourth-order valence-corrected chi connectivity index (χ4v) is 2.30. The van der Waals surface area contributed by atoms with E-state index < -0.39 is 23.7 Å². The number of carbonyl (C=O) groups is 2. The van der Waals surface area contributed by atoms with E-state index in [1.807, 2.05) is 0 Å². The molecule has 0 unspecified atom stereocenters. The highest BCUT2D eigenvalue weighted by atomic mass is 19.1. The summed E-state index contributed by atoms with van der Waals surface area (Å²) in [4.78, 5) is 23.2. The number of aliphatic carboxylic acids is 1. The van der Waals surface area contributed by atoms with Crippen LogP contribution in [0.3, 0.4) is 0 Å². The molecule has 0 spiro atoms. The number of nitrogens with zero attached hydrogens (tertiary/aromatic N) is 3. The van der Waals surface area contributed by atoms with Crippen molar-refractivity contribution in [3.63, 3.8) is 0 Å². The molecule has 0 fully saturated rings. The topological polar surface area (TPSA) is 147 Å². The molecule has 138 valence electrons. The van der Waals surface area contributed by atoms with Gasteiger partial charge in [0.1, 0.15) is 12.4 Å². The third-order valence-electron chi connectivity index (χ3n) is 3.53. The lowest BCUT2D eigenvalue weighted by Crippen LogP contribution is -2.33. The number of nitrogens with two attached hydrogens (primary N) is 1. The summed E-state index contributed by atoms with van der Waals surface area (Å²) in [6.45, 7) is -0.148. The van der Waals surface area contributed by atoms with E-state index in [1.54, 1.807) is 6.20 Å². The Labute approximate surface area is 148 Å². The first-order valence-electron chi connectivity index (χ1n) is 7.82. The molecule has 9 nitrogen and oxygen atoms in total. The Morgan fingerprint density at radius 3 is 2.65 bits per heavy atom. The van der Waals surface area contributed by atoms with Gasteiger partial charge in [-0.1, -0.05) is 17.3 Å². The molecule has 2 rings (SSSR count). The van der Waals surface area contributed by atoms with Crippen LogP contribution < -0.4 is 11.1 Å². The molecule has 0 aliphatic rings. The number of hydrogen-bond donors (Lipinski definition) is 4. The van der Waals surface area contributed by atoms with Crippen molar-refractivity contribution in [2.75, 3.05) is 0 Å². The van der Waals surface area contributed by atoms with Gasteiger partial charge in [0, 0.05) is 19.0 Å². The number of nitrogens with one attached hydrogen (secondary N) is 2. The van der Waals surface area contributed by atoms with E-state index in [0.29, 0.717) is 24.1 Å². The molecule has 0 aliphatic carbocycles. The van der Waals surface area contributed by atoms with Crippen LogP contribution in [0.5, 0.6) is 0 Å². The first-order chi connectivity index (χ1) is 12.3. The van der Waals surface area contributed by atoms with Gasteiger partial charge in [-0.15, -0.1) is 5.10 Å². The molecule has 10 heteroatoms. The summed E-state index contributed by atoms with van der Waals surface area (Å²) < 4.78 is 14.3. The summed E-state index contributed by atoms with van der Waals surface area (Å²) in [6.07, 6.45) is 2.01. The number of hydrogen-bond acceptors (Lipinski definition) is 5. The lowest BCUT2D eigenvalue weighted by molar-refractivity contribution is -0.137. The Morgan fingerprint density at radius 2 is 2.04 bits per heavy atom. The van der Waals surface area contributed by atoms with Crippen molar-refractivity contribution < 1.29 is 19.1 Å². The molecule has 26 heavy (non-hydrogen) atoms. The molecule has 1 amide bonds. The van der Waals surface area contributed by atoms with Crippen LogP contribution in [-0.4, -0.2) is 37.8 Å². The van der Waals surface area contributed by atoms with Crippen molar-refractivity contribution in [1.82, 2.24) is 20.3 Å². The van der Waals surface area contributed by atoms with Crippen LogP contribution in [0.1, 0.15) is 30.1 Å². The van der Waals surface area contributed by atoms with Crippen LogP contribution in [0.2, 0.25) is 0 Å². The Morgan fingerprint density at radius 1 is 1.35 bits per heavy atom. The molecule has 1 aromatic heterocycles. The summed E-state index contributed by atoms with van der Waals surface area (Å²) in [5, 5.41) is 26.5. The Hall–Kier alpha value is -3.30. The molecule has 0 radical (unpaired) electrons. The quantitative estimate of drug-likeness (QED) is 0.380. The highest BCUT2D eigenvalue weighted by Gasteiger charge is 2.18. The maximum Gasteiger partial charge on any atom is 0.305 e. The minimum atomic E-state index is -1.09. The Balaban J connectivity index is 1.99. The zero-order chi connectivity index (χ0) is 19.1. The fraction of sp³-hybridized carbons (Fsp3) is 0.312. The lowest BCUT2D eigenvalue weighted by Gasteiger charge is -2.17. The number of rotatable bonds is 9. The Bertz CT molecular complexity index is 790. The number of carboxylic acids is 1. The standard InChI is InChI=1S/C16H19FN6O3/c17-11-3-1-10(2-4-11)13(7-16(25)26)20-15(24)9-23-8-12(21-22-23)5-6-14(18)19/h1-4,8,13H,5-7,9H2,(H3,18,19)(H,20,24)(H,25,26)/t13-/m1/s1. The SMILES string of the molecule is N=C(N)CCc1cn(CC(=O)N[C@H](CC(=O)O)c2ccc(F)cc2)nn1. The normalized spacial score (nSPS) is 11.7.